The number of benzene rings is 2. The zero-order valence-corrected chi connectivity index (χ0v) is 25.7. The van der Waals surface area contributed by atoms with Crippen molar-refractivity contribution >= 4 is 50.3 Å². The van der Waals surface area contributed by atoms with Gasteiger partial charge in [-0.15, -0.1) is 0 Å². The molecule has 0 spiro atoms. The van der Waals surface area contributed by atoms with Crippen LogP contribution in [0.1, 0.15) is 24.8 Å². The Morgan fingerprint density at radius 2 is 1.79 bits per heavy atom. The van der Waals surface area contributed by atoms with Crippen LogP contribution >= 0.6 is 11.6 Å². The number of fused-ring (bicyclic) bond motifs is 1. The number of piperazine rings is 1. The number of aromatic nitrogens is 2. The lowest BCUT2D eigenvalue weighted by molar-refractivity contribution is 0.0982. The van der Waals surface area contributed by atoms with Crippen molar-refractivity contribution in [2.24, 2.45) is 0 Å². The Morgan fingerprint density at radius 1 is 1.00 bits per heavy atom. The Bertz CT molecular complexity index is 1540. The lowest BCUT2D eigenvalue weighted by Crippen LogP contribution is -2.52. The van der Waals surface area contributed by atoms with Crippen molar-refractivity contribution < 1.29 is 13.2 Å². The van der Waals surface area contributed by atoms with Gasteiger partial charge < -0.3 is 25.2 Å². The number of sulfone groups is 1. The van der Waals surface area contributed by atoms with Crippen LogP contribution in [0.4, 0.5) is 28.8 Å². The molecular formula is C30H38ClN7O3S. The fraction of sp³-hybridized carbons (Fsp3) is 0.467. The van der Waals surface area contributed by atoms with Gasteiger partial charge in [0, 0.05) is 57.1 Å². The molecule has 4 heterocycles. The highest BCUT2D eigenvalue weighted by Gasteiger charge is 2.28. The van der Waals surface area contributed by atoms with Crippen LogP contribution in [-0.4, -0.2) is 93.4 Å². The van der Waals surface area contributed by atoms with Crippen molar-refractivity contribution in [3.63, 3.8) is 0 Å². The van der Waals surface area contributed by atoms with Gasteiger partial charge in [0.05, 0.1) is 35.3 Å². The van der Waals surface area contributed by atoms with Crippen LogP contribution in [0, 0.1) is 0 Å². The van der Waals surface area contributed by atoms with Gasteiger partial charge >= 0.3 is 0 Å². The Morgan fingerprint density at radius 3 is 2.55 bits per heavy atom. The third kappa shape index (κ3) is 6.15. The number of likely N-dealkylation sites (N-methyl/N-ethyl adjacent to an activating group) is 1. The van der Waals surface area contributed by atoms with E-state index in [2.05, 4.69) is 54.5 Å². The number of piperidine rings is 1. The van der Waals surface area contributed by atoms with Crippen LogP contribution in [0.25, 0.3) is 0 Å². The largest absolute Gasteiger partial charge is 0.494 e. The first-order valence-electron chi connectivity index (χ1n) is 14.6. The maximum Gasteiger partial charge on any atom is 0.229 e. The molecule has 6 rings (SSSR count). The summed E-state index contributed by atoms with van der Waals surface area (Å²) in [5.74, 6) is 1.45. The Balaban J connectivity index is 1.15. The van der Waals surface area contributed by atoms with E-state index in [1.54, 1.807) is 13.2 Å². The van der Waals surface area contributed by atoms with Gasteiger partial charge in [-0.1, -0.05) is 23.7 Å². The predicted octanol–water partition coefficient (Wildman–Crippen LogP) is 4.56. The van der Waals surface area contributed by atoms with Gasteiger partial charge in [0.15, 0.2) is 15.7 Å². The number of nitrogens with zero attached hydrogens (tertiary/aromatic N) is 5. The Kier molecular flexibility index (Phi) is 8.44. The van der Waals surface area contributed by atoms with E-state index in [1.807, 2.05) is 18.2 Å². The van der Waals surface area contributed by atoms with Gasteiger partial charge in [0.1, 0.15) is 10.8 Å². The Hall–Kier alpha value is -3.12. The molecule has 0 atom stereocenters. The lowest BCUT2D eigenvalue weighted by Gasteiger charge is -2.42. The molecule has 42 heavy (non-hydrogen) atoms. The van der Waals surface area contributed by atoms with E-state index < -0.39 is 9.84 Å². The molecule has 10 nitrogen and oxygen atoms in total. The summed E-state index contributed by atoms with van der Waals surface area (Å²) in [6, 6.07) is 12.2. The summed E-state index contributed by atoms with van der Waals surface area (Å²) in [5, 5.41) is 6.68. The standard InChI is InChI=1S/C30H38ClN7O3S/c1-36-14-16-38(17-15-36)22-10-12-37(13-11-22)23-8-9-25(27(19-23)41-2)34-30-32-20-24(31)29(35-30)33-26-7-3-5-21-6-4-18-42(39,40)28(21)26/h3,5,7-9,19-20,22H,4,6,10-18H2,1-2H3,(H2,32,33,34,35). The summed E-state index contributed by atoms with van der Waals surface area (Å²) in [4.78, 5) is 16.7. The fourth-order valence-corrected chi connectivity index (χ4v) is 8.11. The summed E-state index contributed by atoms with van der Waals surface area (Å²) < 4.78 is 31.4. The van der Waals surface area contributed by atoms with E-state index in [0.717, 1.165) is 75.5 Å². The number of hydrogen-bond donors (Lipinski definition) is 2. The lowest BCUT2D eigenvalue weighted by atomic mass is 10.0. The molecule has 0 unspecified atom stereocenters. The highest BCUT2D eigenvalue weighted by atomic mass is 35.5. The molecule has 0 amide bonds. The van der Waals surface area contributed by atoms with Crippen molar-refractivity contribution in [3.8, 4) is 5.75 Å². The molecule has 1 aromatic heterocycles. The van der Waals surface area contributed by atoms with Gasteiger partial charge in [-0.2, -0.15) is 4.98 Å². The molecule has 2 N–H and O–H groups in total. The summed E-state index contributed by atoms with van der Waals surface area (Å²) in [7, 11) is 0.464. The second-order valence-electron chi connectivity index (χ2n) is 11.3. The van der Waals surface area contributed by atoms with Gasteiger partial charge in [-0.25, -0.2) is 13.4 Å². The summed E-state index contributed by atoms with van der Waals surface area (Å²) in [6.07, 6.45) is 5.16. The molecule has 0 bridgehead atoms. The SMILES string of the molecule is COc1cc(N2CCC(N3CCN(C)CC3)CC2)ccc1Nc1ncc(Cl)c(Nc2cccc3c2S(=O)(=O)CCC3)n1. The third-order valence-corrected chi connectivity index (χ3v) is 10.8. The monoisotopic (exact) mass is 611 g/mol. The number of methoxy groups -OCH3 is 1. The molecule has 2 fully saturated rings. The number of halogens is 1. The zero-order valence-electron chi connectivity index (χ0n) is 24.1. The smallest absolute Gasteiger partial charge is 0.229 e. The quantitative estimate of drug-likeness (QED) is 0.395. The van der Waals surface area contributed by atoms with E-state index in [9.17, 15) is 8.42 Å². The third-order valence-electron chi connectivity index (χ3n) is 8.58. The number of nitrogens with one attached hydrogen (secondary N) is 2. The highest BCUT2D eigenvalue weighted by molar-refractivity contribution is 7.91. The first-order chi connectivity index (χ1) is 20.3. The normalized spacial score (nSPS) is 19.7. The van der Waals surface area contributed by atoms with Crippen LogP contribution in [-0.2, 0) is 16.3 Å². The molecule has 3 aliphatic heterocycles. The molecule has 224 valence electrons. The topological polar surface area (TPSA) is 103 Å². The van der Waals surface area contributed by atoms with Gasteiger partial charge in [0.25, 0.3) is 0 Å². The highest BCUT2D eigenvalue weighted by Crippen LogP contribution is 2.36. The van der Waals surface area contributed by atoms with Crippen molar-refractivity contribution in [1.82, 2.24) is 19.8 Å². The van der Waals surface area contributed by atoms with Gasteiger partial charge in [0.2, 0.25) is 5.95 Å². The molecular weight excluding hydrogens is 574 g/mol. The van der Waals surface area contributed by atoms with Crippen molar-refractivity contribution in [1.29, 1.82) is 0 Å². The minimum absolute atomic E-state index is 0.132. The molecule has 0 saturated carbocycles. The average Bonchev–Trinajstić information content (AvgIpc) is 2.99. The van der Waals surface area contributed by atoms with E-state index in [1.165, 1.54) is 6.20 Å². The summed E-state index contributed by atoms with van der Waals surface area (Å²) in [5.41, 5.74) is 3.13. The van der Waals surface area contributed by atoms with Crippen LogP contribution in [0.2, 0.25) is 5.02 Å². The molecule has 0 aliphatic carbocycles. The predicted molar refractivity (Wildman–Crippen MR) is 168 cm³/mol. The maximum absolute atomic E-state index is 12.8. The van der Waals surface area contributed by atoms with Crippen molar-refractivity contribution in [2.75, 3.05) is 74.7 Å². The molecule has 2 saturated heterocycles. The van der Waals surface area contributed by atoms with E-state index in [-0.39, 0.29) is 10.8 Å². The summed E-state index contributed by atoms with van der Waals surface area (Å²) >= 11 is 6.43. The summed E-state index contributed by atoms with van der Waals surface area (Å²) in [6.45, 7) is 6.65. The van der Waals surface area contributed by atoms with Crippen LogP contribution in [0.3, 0.4) is 0 Å². The van der Waals surface area contributed by atoms with E-state index in [4.69, 9.17) is 16.3 Å². The minimum atomic E-state index is -3.39. The molecule has 2 aromatic carbocycles. The van der Waals surface area contributed by atoms with Crippen LogP contribution in [0.5, 0.6) is 5.75 Å². The molecule has 3 aromatic rings. The van der Waals surface area contributed by atoms with Crippen LogP contribution in [0.15, 0.2) is 47.5 Å². The van der Waals surface area contributed by atoms with Crippen molar-refractivity contribution in [3.05, 3.63) is 53.2 Å². The fourth-order valence-electron chi connectivity index (χ4n) is 6.22. The number of ether oxygens (including phenoxy) is 1. The van der Waals surface area contributed by atoms with E-state index >= 15 is 0 Å². The maximum atomic E-state index is 12.8. The molecule has 12 heteroatoms. The number of hydrogen-bond acceptors (Lipinski definition) is 10. The average molecular weight is 612 g/mol. The number of rotatable bonds is 7. The molecule has 0 radical (unpaired) electrons. The minimum Gasteiger partial charge on any atom is -0.494 e. The van der Waals surface area contributed by atoms with Gasteiger partial charge in [-0.05, 0) is 56.5 Å². The first kappa shape index (κ1) is 29.0. The molecule has 3 aliphatic rings. The van der Waals surface area contributed by atoms with Crippen LogP contribution < -0.4 is 20.3 Å². The number of anilines is 5. The second-order valence-corrected chi connectivity index (χ2v) is 13.8. The van der Waals surface area contributed by atoms with Gasteiger partial charge in [-0.3, -0.25) is 4.90 Å². The van der Waals surface area contributed by atoms with Crippen molar-refractivity contribution in [2.45, 2.75) is 36.6 Å². The first-order valence-corrected chi connectivity index (χ1v) is 16.6. The Labute approximate surface area is 252 Å². The second kappa shape index (κ2) is 12.2. The number of aryl methyl sites for hydroxylation is 1. The van der Waals surface area contributed by atoms with E-state index in [0.29, 0.717) is 40.6 Å². The zero-order chi connectivity index (χ0) is 29.3.